The number of carbonyl (C=O) groups excluding carboxylic acids is 3. The van der Waals surface area contributed by atoms with Crippen molar-refractivity contribution < 1.29 is 23.9 Å². The molecule has 6 heteroatoms. The van der Waals surface area contributed by atoms with Crippen LogP contribution < -0.4 is 0 Å². The molecule has 1 aromatic carbocycles. The lowest BCUT2D eigenvalue weighted by atomic mass is 10.0. The molecule has 1 heterocycles. The second kappa shape index (κ2) is 7.56. The lowest BCUT2D eigenvalue weighted by molar-refractivity contribution is 0.0316. The molecule has 0 saturated heterocycles. The fourth-order valence-corrected chi connectivity index (χ4v) is 2.93. The van der Waals surface area contributed by atoms with Crippen molar-refractivity contribution in [3.63, 3.8) is 0 Å². The number of H-pyrrole nitrogens is 1. The molecule has 0 radical (unpaired) electrons. The van der Waals surface area contributed by atoms with Gasteiger partial charge in [0.2, 0.25) is 5.78 Å². The average molecular weight is 357 g/mol. The SMILES string of the molecule is COC(=O)c1c(C)[nH]c(C(=O)[C@@H](C)OC(=O)c2ccc(C)cc2C)c1C. The first-order chi connectivity index (χ1) is 12.2. The molecule has 1 N–H and O–H groups in total. The van der Waals surface area contributed by atoms with Gasteiger partial charge in [0.1, 0.15) is 0 Å². The van der Waals surface area contributed by atoms with Crippen LogP contribution in [0.3, 0.4) is 0 Å². The Hall–Kier alpha value is -2.89. The van der Waals surface area contributed by atoms with Crippen molar-refractivity contribution in [2.45, 2.75) is 40.7 Å². The van der Waals surface area contributed by atoms with E-state index in [0.29, 0.717) is 22.4 Å². The summed E-state index contributed by atoms with van der Waals surface area (Å²) in [4.78, 5) is 39.8. The van der Waals surface area contributed by atoms with Crippen LogP contribution in [0, 0.1) is 27.7 Å². The van der Waals surface area contributed by atoms with Crippen LogP contribution in [0.1, 0.15) is 60.5 Å². The molecule has 2 rings (SSSR count). The molecule has 0 unspecified atom stereocenters. The Bertz CT molecular complexity index is 879. The number of hydrogen-bond acceptors (Lipinski definition) is 5. The van der Waals surface area contributed by atoms with E-state index >= 15 is 0 Å². The van der Waals surface area contributed by atoms with Crippen molar-refractivity contribution in [2.75, 3.05) is 7.11 Å². The van der Waals surface area contributed by atoms with Gasteiger partial charge in [0.05, 0.1) is 23.9 Å². The molecule has 0 aliphatic heterocycles. The van der Waals surface area contributed by atoms with Gasteiger partial charge in [0, 0.05) is 5.69 Å². The number of nitrogens with one attached hydrogen (secondary N) is 1. The molecule has 26 heavy (non-hydrogen) atoms. The highest BCUT2D eigenvalue weighted by Crippen LogP contribution is 2.21. The van der Waals surface area contributed by atoms with E-state index < -0.39 is 23.8 Å². The summed E-state index contributed by atoms with van der Waals surface area (Å²) in [6.07, 6.45) is -0.995. The van der Waals surface area contributed by atoms with Gasteiger partial charge in [-0.3, -0.25) is 4.79 Å². The normalized spacial score (nSPS) is 11.8. The summed E-state index contributed by atoms with van der Waals surface area (Å²) in [5, 5.41) is 0. The van der Waals surface area contributed by atoms with Gasteiger partial charge in [-0.1, -0.05) is 17.7 Å². The Kier molecular flexibility index (Phi) is 5.65. The third kappa shape index (κ3) is 3.69. The molecule has 0 bridgehead atoms. The van der Waals surface area contributed by atoms with Crippen LogP contribution >= 0.6 is 0 Å². The van der Waals surface area contributed by atoms with Crippen molar-refractivity contribution in [1.29, 1.82) is 0 Å². The molecule has 0 fully saturated rings. The zero-order valence-electron chi connectivity index (χ0n) is 15.9. The highest BCUT2D eigenvalue weighted by Gasteiger charge is 2.27. The predicted molar refractivity (Wildman–Crippen MR) is 96.7 cm³/mol. The van der Waals surface area contributed by atoms with Crippen LogP contribution in [0.25, 0.3) is 0 Å². The summed E-state index contributed by atoms with van der Waals surface area (Å²) in [6, 6.07) is 5.38. The summed E-state index contributed by atoms with van der Waals surface area (Å²) in [7, 11) is 1.28. The van der Waals surface area contributed by atoms with Gasteiger partial charge >= 0.3 is 11.9 Å². The standard InChI is InChI=1S/C20H23NO5/c1-10-7-8-15(11(2)9-10)19(23)26-14(5)18(22)17-12(3)16(13(4)21-17)20(24)25-6/h7-9,14,21H,1-6H3/t14-/m1/s1. The number of Topliss-reactive ketones (excluding diaryl/α,β-unsaturated/α-hetero) is 1. The zero-order valence-corrected chi connectivity index (χ0v) is 15.9. The number of hydrogen-bond donors (Lipinski definition) is 1. The van der Waals surface area contributed by atoms with Gasteiger partial charge in [-0.25, -0.2) is 9.59 Å². The minimum absolute atomic E-state index is 0.240. The van der Waals surface area contributed by atoms with Crippen LogP contribution in [0.4, 0.5) is 0 Å². The van der Waals surface area contributed by atoms with Crippen molar-refractivity contribution in [3.8, 4) is 0 Å². The summed E-state index contributed by atoms with van der Waals surface area (Å²) in [5.74, 6) is -1.48. The third-order valence-corrected chi connectivity index (χ3v) is 4.33. The summed E-state index contributed by atoms with van der Waals surface area (Å²) in [5.41, 5.74) is 3.82. The maximum Gasteiger partial charge on any atom is 0.339 e. The Labute approximate surface area is 152 Å². The highest BCUT2D eigenvalue weighted by atomic mass is 16.5. The number of methoxy groups -OCH3 is 1. The van der Waals surface area contributed by atoms with Gasteiger partial charge in [-0.05, 0) is 51.8 Å². The number of rotatable bonds is 5. The second-order valence-electron chi connectivity index (χ2n) is 6.35. The van der Waals surface area contributed by atoms with Crippen molar-refractivity contribution in [2.24, 2.45) is 0 Å². The third-order valence-electron chi connectivity index (χ3n) is 4.33. The van der Waals surface area contributed by atoms with E-state index in [9.17, 15) is 14.4 Å². The maximum absolute atomic E-state index is 12.7. The number of ether oxygens (including phenoxy) is 2. The monoisotopic (exact) mass is 357 g/mol. The molecule has 0 spiro atoms. The van der Waals surface area contributed by atoms with Crippen molar-refractivity contribution in [1.82, 2.24) is 4.98 Å². The smallest absolute Gasteiger partial charge is 0.339 e. The van der Waals surface area contributed by atoms with Gasteiger partial charge in [0.25, 0.3) is 0 Å². The van der Waals surface area contributed by atoms with Crippen molar-refractivity contribution in [3.05, 3.63) is 57.4 Å². The predicted octanol–water partition coefficient (Wildman–Crippen LogP) is 3.46. The van der Waals surface area contributed by atoms with E-state index in [-0.39, 0.29) is 5.69 Å². The maximum atomic E-state index is 12.7. The second-order valence-corrected chi connectivity index (χ2v) is 6.35. The van der Waals surface area contributed by atoms with E-state index in [1.165, 1.54) is 14.0 Å². The molecule has 6 nitrogen and oxygen atoms in total. The topological polar surface area (TPSA) is 85.5 Å². The molecular weight excluding hydrogens is 334 g/mol. The average Bonchev–Trinajstić information content (AvgIpc) is 2.87. The zero-order chi connectivity index (χ0) is 19.6. The van der Waals surface area contributed by atoms with Crippen LogP contribution in [-0.2, 0) is 9.47 Å². The van der Waals surface area contributed by atoms with E-state index in [0.717, 1.165) is 11.1 Å². The first-order valence-electron chi connectivity index (χ1n) is 8.27. The number of benzene rings is 1. The molecule has 0 aliphatic carbocycles. The number of aromatic amines is 1. The number of carbonyl (C=O) groups is 3. The fourth-order valence-electron chi connectivity index (χ4n) is 2.93. The van der Waals surface area contributed by atoms with E-state index in [1.807, 2.05) is 26.0 Å². The van der Waals surface area contributed by atoms with E-state index in [4.69, 9.17) is 9.47 Å². The first-order valence-corrected chi connectivity index (χ1v) is 8.27. The Balaban J connectivity index is 2.22. The van der Waals surface area contributed by atoms with E-state index in [2.05, 4.69) is 4.98 Å². The molecule has 1 atom stereocenters. The molecule has 2 aromatic rings. The summed E-state index contributed by atoms with van der Waals surface area (Å²) < 4.78 is 10.1. The lowest BCUT2D eigenvalue weighted by Crippen LogP contribution is -2.25. The summed E-state index contributed by atoms with van der Waals surface area (Å²) >= 11 is 0. The van der Waals surface area contributed by atoms with Crippen LogP contribution in [0.2, 0.25) is 0 Å². The number of ketones is 1. The number of esters is 2. The molecule has 1 aromatic heterocycles. The quantitative estimate of drug-likeness (QED) is 0.654. The molecule has 0 amide bonds. The largest absolute Gasteiger partial charge is 0.465 e. The molecule has 0 saturated carbocycles. The van der Waals surface area contributed by atoms with Crippen LogP contribution in [-0.4, -0.2) is 35.9 Å². The number of aromatic nitrogens is 1. The lowest BCUT2D eigenvalue weighted by Gasteiger charge is -2.13. The van der Waals surface area contributed by atoms with Gasteiger partial charge in [0.15, 0.2) is 6.10 Å². The van der Waals surface area contributed by atoms with Gasteiger partial charge < -0.3 is 14.5 Å². The van der Waals surface area contributed by atoms with Crippen molar-refractivity contribution >= 4 is 17.7 Å². The Morgan fingerprint density at radius 3 is 2.27 bits per heavy atom. The minimum atomic E-state index is -0.995. The number of aryl methyl sites for hydroxylation is 3. The highest BCUT2D eigenvalue weighted by molar-refractivity contribution is 6.04. The minimum Gasteiger partial charge on any atom is -0.465 e. The van der Waals surface area contributed by atoms with Gasteiger partial charge in [-0.2, -0.15) is 0 Å². The summed E-state index contributed by atoms with van der Waals surface area (Å²) in [6.45, 7) is 8.60. The Morgan fingerprint density at radius 1 is 1.04 bits per heavy atom. The molecule has 138 valence electrons. The molecule has 0 aliphatic rings. The van der Waals surface area contributed by atoms with Crippen LogP contribution in [0.5, 0.6) is 0 Å². The van der Waals surface area contributed by atoms with Gasteiger partial charge in [-0.15, -0.1) is 0 Å². The van der Waals surface area contributed by atoms with E-state index in [1.54, 1.807) is 19.9 Å². The fraction of sp³-hybridized carbons (Fsp3) is 0.350. The first kappa shape index (κ1) is 19.4. The molecular formula is C20H23NO5. The van der Waals surface area contributed by atoms with Crippen LogP contribution in [0.15, 0.2) is 18.2 Å². The Morgan fingerprint density at radius 2 is 1.69 bits per heavy atom.